The molecule has 6 nitrogen and oxygen atoms in total. The summed E-state index contributed by atoms with van der Waals surface area (Å²) in [4.78, 5) is 1.94. The van der Waals surface area contributed by atoms with Gasteiger partial charge in [-0.3, -0.25) is 4.90 Å². The lowest BCUT2D eigenvalue weighted by atomic mass is 10.3. The van der Waals surface area contributed by atoms with Gasteiger partial charge in [-0.05, 0) is 22.6 Å². The number of nitrogens with one attached hydrogen (secondary N) is 1. The van der Waals surface area contributed by atoms with Crippen molar-refractivity contribution in [3.05, 3.63) is 23.2 Å². The number of aryl methyl sites for hydroxylation is 1. The van der Waals surface area contributed by atoms with Crippen molar-refractivity contribution in [1.82, 2.24) is 20.2 Å². The summed E-state index contributed by atoms with van der Waals surface area (Å²) in [5.41, 5.74) is 1.91. The lowest BCUT2D eigenvalue weighted by Gasteiger charge is -2.15. The Morgan fingerprint density at radius 2 is 2.31 bits per heavy atom. The first-order valence-corrected chi connectivity index (χ1v) is 5.17. The number of hydrogen-bond donors (Lipinski definition) is 1. The minimum Gasteiger partial charge on any atom is -0.366 e. The molecule has 1 aromatic heterocycles. The van der Waals surface area contributed by atoms with Gasteiger partial charge in [-0.25, -0.2) is 4.68 Å². The van der Waals surface area contributed by atoms with Gasteiger partial charge in [0.15, 0.2) is 0 Å². The Hall–Kier alpha value is -1.82. The van der Waals surface area contributed by atoms with Gasteiger partial charge in [0, 0.05) is 7.05 Å². The molecule has 1 aliphatic rings. The summed E-state index contributed by atoms with van der Waals surface area (Å²) in [6.07, 6.45) is 0. The van der Waals surface area contributed by atoms with Gasteiger partial charge < -0.3 is 5.32 Å². The SMILES string of the molecule is Cn1nnnc1N1CNc2cccc(Cl)c21. The Morgan fingerprint density at radius 3 is 3.06 bits per heavy atom. The Bertz CT molecular complexity index is 537. The van der Waals surface area contributed by atoms with Crippen molar-refractivity contribution in [2.24, 2.45) is 7.05 Å². The van der Waals surface area contributed by atoms with Gasteiger partial charge in [0.05, 0.1) is 23.1 Å². The number of rotatable bonds is 1. The number of hydrogen-bond acceptors (Lipinski definition) is 5. The lowest BCUT2D eigenvalue weighted by molar-refractivity contribution is 0.706. The first-order chi connectivity index (χ1) is 7.77. The first-order valence-electron chi connectivity index (χ1n) is 4.79. The highest BCUT2D eigenvalue weighted by Crippen LogP contribution is 2.40. The van der Waals surface area contributed by atoms with Crippen LogP contribution in [0.25, 0.3) is 0 Å². The van der Waals surface area contributed by atoms with Gasteiger partial charge in [0.25, 0.3) is 5.95 Å². The number of halogens is 1. The summed E-state index contributed by atoms with van der Waals surface area (Å²) in [6, 6.07) is 5.74. The van der Waals surface area contributed by atoms with E-state index < -0.39 is 0 Å². The fourth-order valence-corrected chi connectivity index (χ4v) is 2.08. The molecular formula is C9H9ClN6. The highest BCUT2D eigenvalue weighted by molar-refractivity contribution is 6.34. The van der Waals surface area contributed by atoms with Crippen molar-refractivity contribution in [2.75, 3.05) is 16.9 Å². The van der Waals surface area contributed by atoms with Crippen molar-refractivity contribution >= 4 is 28.9 Å². The second-order valence-corrected chi connectivity index (χ2v) is 3.91. The second-order valence-electron chi connectivity index (χ2n) is 3.50. The molecule has 82 valence electrons. The normalized spacial score (nSPS) is 13.8. The first kappa shape index (κ1) is 9.41. The van der Waals surface area contributed by atoms with Gasteiger partial charge in [-0.1, -0.05) is 22.8 Å². The molecule has 2 aromatic rings. The molecular weight excluding hydrogens is 228 g/mol. The van der Waals surface area contributed by atoms with Crippen LogP contribution in [0.5, 0.6) is 0 Å². The quantitative estimate of drug-likeness (QED) is 0.811. The van der Waals surface area contributed by atoms with Crippen LogP contribution in [0, 0.1) is 0 Å². The molecule has 16 heavy (non-hydrogen) atoms. The zero-order valence-corrected chi connectivity index (χ0v) is 9.31. The maximum absolute atomic E-state index is 6.17. The van der Waals surface area contributed by atoms with E-state index in [-0.39, 0.29) is 0 Å². The van der Waals surface area contributed by atoms with Crippen LogP contribution < -0.4 is 10.2 Å². The molecule has 0 amide bonds. The zero-order chi connectivity index (χ0) is 11.1. The monoisotopic (exact) mass is 236 g/mol. The summed E-state index contributed by atoms with van der Waals surface area (Å²) in [7, 11) is 1.80. The minimum absolute atomic E-state index is 0.618. The standard InChI is InChI=1S/C9H9ClN6/c1-15-9(12-13-14-15)16-5-11-7-4-2-3-6(10)8(7)16/h2-4,11H,5H2,1H3. The molecule has 0 saturated heterocycles. The van der Waals surface area contributed by atoms with E-state index in [0.717, 1.165) is 11.4 Å². The van der Waals surface area contributed by atoms with Crippen LogP contribution in [-0.4, -0.2) is 26.9 Å². The molecule has 0 aliphatic carbocycles. The van der Waals surface area contributed by atoms with Crippen molar-refractivity contribution in [2.45, 2.75) is 0 Å². The van der Waals surface area contributed by atoms with Crippen LogP contribution in [0.2, 0.25) is 5.02 Å². The summed E-state index contributed by atoms with van der Waals surface area (Å²) in [6.45, 7) is 0.618. The fraction of sp³-hybridized carbons (Fsp3) is 0.222. The van der Waals surface area contributed by atoms with E-state index in [9.17, 15) is 0 Å². The Kier molecular flexibility index (Phi) is 1.97. The van der Waals surface area contributed by atoms with E-state index in [0.29, 0.717) is 17.6 Å². The molecule has 1 N–H and O–H groups in total. The summed E-state index contributed by atoms with van der Waals surface area (Å²) < 4.78 is 1.61. The van der Waals surface area contributed by atoms with E-state index in [1.807, 2.05) is 23.1 Å². The van der Waals surface area contributed by atoms with Crippen molar-refractivity contribution < 1.29 is 0 Å². The van der Waals surface area contributed by atoms with Crippen molar-refractivity contribution in [1.29, 1.82) is 0 Å². The predicted octanol–water partition coefficient (Wildman–Crippen LogP) is 1.38. The second kappa shape index (κ2) is 3.34. The van der Waals surface area contributed by atoms with Gasteiger partial charge in [-0.15, -0.1) is 0 Å². The van der Waals surface area contributed by atoms with Gasteiger partial charge >= 0.3 is 0 Å². The Balaban J connectivity index is 2.13. The average Bonchev–Trinajstić information content (AvgIpc) is 2.84. The maximum atomic E-state index is 6.17. The number of fused-ring (bicyclic) bond motifs is 1. The van der Waals surface area contributed by atoms with E-state index in [2.05, 4.69) is 20.8 Å². The number of aromatic nitrogens is 4. The molecule has 0 fully saturated rings. The Morgan fingerprint density at radius 1 is 1.44 bits per heavy atom. The lowest BCUT2D eigenvalue weighted by Crippen LogP contribution is -2.20. The zero-order valence-electron chi connectivity index (χ0n) is 8.55. The minimum atomic E-state index is 0.618. The van der Waals surface area contributed by atoms with E-state index in [4.69, 9.17) is 11.6 Å². The largest absolute Gasteiger partial charge is 0.366 e. The smallest absolute Gasteiger partial charge is 0.251 e. The summed E-state index contributed by atoms with van der Waals surface area (Å²) >= 11 is 6.17. The van der Waals surface area contributed by atoms with Gasteiger partial charge in [0.2, 0.25) is 0 Å². The molecule has 1 aromatic carbocycles. The molecule has 2 heterocycles. The van der Waals surface area contributed by atoms with E-state index in [1.165, 1.54) is 0 Å². The number of anilines is 3. The topological polar surface area (TPSA) is 58.9 Å². The summed E-state index contributed by atoms with van der Waals surface area (Å²) in [5.74, 6) is 0.666. The third-order valence-electron chi connectivity index (χ3n) is 2.52. The van der Waals surface area contributed by atoms with Gasteiger partial charge in [0.1, 0.15) is 0 Å². The molecule has 0 radical (unpaired) electrons. The molecule has 0 atom stereocenters. The molecule has 1 aliphatic heterocycles. The molecule has 0 saturated carbocycles. The number of tetrazole rings is 1. The molecule has 0 unspecified atom stereocenters. The predicted molar refractivity (Wildman–Crippen MR) is 60.9 cm³/mol. The number of nitrogens with zero attached hydrogens (tertiary/aromatic N) is 5. The van der Waals surface area contributed by atoms with Crippen molar-refractivity contribution in [3.63, 3.8) is 0 Å². The van der Waals surface area contributed by atoms with Crippen LogP contribution in [-0.2, 0) is 7.05 Å². The maximum Gasteiger partial charge on any atom is 0.251 e. The van der Waals surface area contributed by atoms with Crippen LogP contribution in [0.15, 0.2) is 18.2 Å². The van der Waals surface area contributed by atoms with Crippen molar-refractivity contribution in [3.8, 4) is 0 Å². The highest BCUT2D eigenvalue weighted by atomic mass is 35.5. The highest BCUT2D eigenvalue weighted by Gasteiger charge is 2.25. The molecule has 3 rings (SSSR count). The molecule has 7 heteroatoms. The number of para-hydroxylation sites is 1. The average molecular weight is 237 g/mol. The number of benzene rings is 1. The summed E-state index contributed by atoms with van der Waals surface area (Å²) in [5, 5.41) is 15.3. The van der Waals surface area contributed by atoms with E-state index in [1.54, 1.807) is 11.7 Å². The van der Waals surface area contributed by atoms with Crippen LogP contribution in [0.1, 0.15) is 0 Å². The third kappa shape index (κ3) is 1.23. The Labute approximate surface area is 96.8 Å². The third-order valence-corrected chi connectivity index (χ3v) is 2.83. The van der Waals surface area contributed by atoms with Crippen LogP contribution in [0.3, 0.4) is 0 Å². The van der Waals surface area contributed by atoms with E-state index >= 15 is 0 Å². The van der Waals surface area contributed by atoms with Gasteiger partial charge in [-0.2, -0.15) is 0 Å². The van der Waals surface area contributed by atoms with Crippen LogP contribution in [0.4, 0.5) is 17.3 Å². The molecule has 0 bridgehead atoms. The van der Waals surface area contributed by atoms with Crippen LogP contribution >= 0.6 is 11.6 Å². The molecule has 0 spiro atoms. The fourth-order valence-electron chi connectivity index (χ4n) is 1.80.